The lowest BCUT2D eigenvalue weighted by molar-refractivity contribution is 0.171. The second-order valence-electron chi connectivity index (χ2n) is 2.99. The van der Waals surface area contributed by atoms with Crippen LogP contribution in [0.4, 0.5) is 0 Å². The molecule has 0 saturated heterocycles. The molecule has 1 rings (SSSR count). The Labute approximate surface area is 78.8 Å². The minimum absolute atomic E-state index is 0.377. The number of thiol groups is 1. The molecule has 0 bridgehead atoms. The van der Waals surface area contributed by atoms with Gasteiger partial charge in [-0.2, -0.15) is 0 Å². The maximum Gasteiger partial charge on any atom is 0.0798 e. The third-order valence-electron chi connectivity index (χ3n) is 1.93. The van der Waals surface area contributed by atoms with E-state index < -0.39 is 0 Å². The Balaban J connectivity index is 3.01. The molecule has 0 heterocycles. The van der Waals surface area contributed by atoms with Crippen LogP contribution in [0, 0.1) is 6.92 Å². The molecule has 0 aromatic heterocycles. The molecule has 1 aromatic rings. The molecule has 2 heteroatoms. The van der Waals surface area contributed by atoms with Crippen molar-refractivity contribution >= 4 is 12.6 Å². The Morgan fingerprint density at radius 3 is 2.67 bits per heavy atom. The summed E-state index contributed by atoms with van der Waals surface area (Å²) in [6.07, 6.45) is 0.356. The first-order valence-corrected chi connectivity index (χ1v) is 4.57. The van der Waals surface area contributed by atoms with Crippen LogP contribution in [0.5, 0.6) is 0 Å². The summed E-state index contributed by atoms with van der Waals surface area (Å²) >= 11 is 4.30. The van der Waals surface area contributed by atoms with Crippen LogP contribution in [0.25, 0.3) is 0 Å². The molecular formula is C10H14OS. The number of hydrogen-bond donors (Lipinski definition) is 2. The van der Waals surface area contributed by atoms with Gasteiger partial charge in [0.05, 0.1) is 6.10 Å². The SMILES string of the molecule is CCC(O)c1ccc(C)cc1S. The van der Waals surface area contributed by atoms with Gasteiger partial charge in [0, 0.05) is 4.90 Å². The molecule has 1 aromatic carbocycles. The molecule has 12 heavy (non-hydrogen) atoms. The predicted molar refractivity (Wildman–Crippen MR) is 53.7 cm³/mol. The fraction of sp³-hybridized carbons (Fsp3) is 0.400. The number of aryl methyl sites for hydroxylation is 1. The standard InChI is InChI=1S/C10H14OS/c1-3-9(11)8-5-4-7(2)6-10(8)12/h4-6,9,11-12H,3H2,1-2H3. The summed E-state index contributed by atoms with van der Waals surface area (Å²) in [5.74, 6) is 0. The van der Waals surface area contributed by atoms with E-state index in [0.29, 0.717) is 0 Å². The molecule has 0 saturated carbocycles. The van der Waals surface area contributed by atoms with Crippen molar-refractivity contribution < 1.29 is 5.11 Å². The number of rotatable bonds is 2. The first-order valence-electron chi connectivity index (χ1n) is 4.12. The Morgan fingerprint density at radius 1 is 1.50 bits per heavy atom. The molecule has 0 aliphatic heterocycles. The summed E-state index contributed by atoms with van der Waals surface area (Å²) in [5, 5.41) is 9.55. The van der Waals surface area contributed by atoms with E-state index in [9.17, 15) is 5.11 Å². The van der Waals surface area contributed by atoms with Gasteiger partial charge in [-0.25, -0.2) is 0 Å². The summed E-state index contributed by atoms with van der Waals surface area (Å²) in [5.41, 5.74) is 2.10. The molecule has 1 N–H and O–H groups in total. The van der Waals surface area contributed by atoms with Crippen molar-refractivity contribution in [2.24, 2.45) is 0 Å². The van der Waals surface area contributed by atoms with E-state index in [0.717, 1.165) is 16.9 Å². The largest absolute Gasteiger partial charge is 0.388 e. The highest BCUT2D eigenvalue weighted by molar-refractivity contribution is 7.80. The molecule has 0 fully saturated rings. The molecule has 0 radical (unpaired) electrons. The van der Waals surface area contributed by atoms with Crippen molar-refractivity contribution in [1.29, 1.82) is 0 Å². The first-order chi connectivity index (χ1) is 5.65. The molecule has 0 aliphatic carbocycles. The Kier molecular flexibility index (Phi) is 3.18. The second-order valence-corrected chi connectivity index (χ2v) is 3.47. The van der Waals surface area contributed by atoms with Gasteiger partial charge in [0.1, 0.15) is 0 Å². The van der Waals surface area contributed by atoms with Crippen LogP contribution in [-0.2, 0) is 0 Å². The van der Waals surface area contributed by atoms with E-state index in [1.54, 1.807) is 0 Å². The molecule has 1 nitrogen and oxygen atoms in total. The fourth-order valence-corrected chi connectivity index (χ4v) is 1.58. The second kappa shape index (κ2) is 3.97. The van der Waals surface area contributed by atoms with Crippen molar-refractivity contribution in [1.82, 2.24) is 0 Å². The monoisotopic (exact) mass is 182 g/mol. The zero-order valence-electron chi connectivity index (χ0n) is 7.41. The maximum absolute atomic E-state index is 9.55. The molecular weight excluding hydrogens is 168 g/mol. The highest BCUT2D eigenvalue weighted by Crippen LogP contribution is 2.24. The summed E-state index contributed by atoms with van der Waals surface area (Å²) in [6.45, 7) is 3.97. The van der Waals surface area contributed by atoms with E-state index in [1.807, 2.05) is 32.0 Å². The smallest absolute Gasteiger partial charge is 0.0798 e. The quantitative estimate of drug-likeness (QED) is 0.674. The minimum Gasteiger partial charge on any atom is -0.388 e. The van der Waals surface area contributed by atoms with Crippen molar-refractivity contribution in [3.05, 3.63) is 29.3 Å². The summed E-state index contributed by atoms with van der Waals surface area (Å²) in [6, 6.07) is 5.90. The van der Waals surface area contributed by atoms with Gasteiger partial charge in [0.15, 0.2) is 0 Å². The maximum atomic E-state index is 9.55. The van der Waals surface area contributed by atoms with E-state index in [1.165, 1.54) is 5.56 Å². The van der Waals surface area contributed by atoms with Crippen LogP contribution in [-0.4, -0.2) is 5.11 Å². The lowest BCUT2D eigenvalue weighted by atomic mass is 10.1. The zero-order chi connectivity index (χ0) is 9.14. The minimum atomic E-state index is -0.377. The third kappa shape index (κ3) is 2.02. The Bertz CT molecular complexity index is 271. The van der Waals surface area contributed by atoms with Crippen molar-refractivity contribution in [2.75, 3.05) is 0 Å². The van der Waals surface area contributed by atoms with Crippen LogP contribution in [0.2, 0.25) is 0 Å². The van der Waals surface area contributed by atoms with E-state index in [-0.39, 0.29) is 6.10 Å². The fourth-order valence-electron chi connectivity index (χ4n) is 1.16. The lowest BCUT2D eigenvalue weighted by Crippen LogP contribution is -1.96. The highest BCUT2D eigenvalue weighted by Gasteiger charge is 2.07. The average Bonchev–Trinajstić information content (AvgIpc) is 2.03. The first kappa shape index (κ1) is 9.62. The molecule has 1 atom stereocenters. The van der Waals surface area contributed by atoms with Crippen molar-refractivity contribution in [3.8, 4) is 0 Å². The van der Waals surface area contributed by atoms with Gasteiger partial charge in [-0.15, -0.1) is 12.6 Å². The Morgan fingerprint density at radius 2 is 2.17 bits per heavy atom. The van der Waals surface area contributed by atoms with Gasteiger partial charge in [0.2, 0.25) is 0 Å². The van der Waals surface area contributed by atoms with Crippen LogP contribution < -0.4 is 0 Å². The normalized spacial score (nSPS) is 13.0. The molecule has 0 aliphatic rings. The number of aliphatic hydroxyl groups is 1. The molecule has 66 valence electrons. The summed E-state index contributed by atoms with van der Waals surface area (Å²) < 4.78 is 0. The zero-order valence-corrected chi connectivity index (χ0v) is 8.31. The van der Waals surface area contributed by atoms with Gasteiger partial charge in [-0.1, -0.05) is 24.6 Å². The van der Waals surface area contributed by atoms with Gasteiger partial charge in [-0.3, -0.25) is 0 Å². The summed E-state index contributed by atoms with van der Waals surface area (Å²) in [4.78, 5) is 0.879. The predicted octanol–water partition coefficient (Wildman–Crippen LogP) is 2.73. The van der Waals surface area contributed by atoms with E-state index in [2.05, 4.69) is 12.6 Å². The van der Waals surface area contributed by atoms with Gasteiger partial charge in [-0.05, 0) is 25.0 Å². The van der Waals surface area contributed by atoms with Gasteiger partial charge in [0.25, 0.3) is 0 Å². The van der Waals surface area contributed by atoms with E-state index in [4.69, 9.17) is 0 Å². The molecule has 0 spiro atoms. The van der Waals surface area contributed by atoms with Gasteiger partial charge < -0.3 is 5.11 Å². The van der Waals surface area contributed by atoms with Crippen LogP contribution in [0.1, 0.15) is 30.6 Å². The number of aliphatic hydroxyl groups excluding tert-OH is 1. The lowest BCUT2D eigenvalue weighted by Gasteiger charge is -2.10. The number of hydrogen-bond acceptors (Lipinski definition) is 2. The summed E-state index contributed by atoms with van der Waals surface area (Å²) in [7, 11) is 0. The highest BCUT2D eigenvalue weighted by atomic mass is 32.1. The third-order valence-corrected chi connectivity index (χ3v) is 2.32. The topological polar surface area (TPSA) is 20.2 Å². The van der Waals surface area contributed by atoms with Gasteiger partial charge >= 0.3 is 0 Å². The van der Waals surface area contributed by atoms with Crippen LogP contribution in [0.3, 0.4) is 0 Å². The molecule has 0 amide bonds. The van der Waals surface area contributed by atoms with Crippen molar-refractivity contribution in [3.63, 3.8) is 0 Å². The van der Waals surface area contributed by atoms with Crippen LogP contribution in [0.15, 0.2) is 23.1 Å². The van der Waals surface area contributed by atoms with Crippen LogP contribution >= 0.6 is 12.6 Å². The molecule has 1 unspecified atom stereocenters. The van der Waals surface area contributed by atoms with Crippen molar-refractivity contribution in [2.45, 2.75) is 31.3 Å². The van der Waals surface area contributed by atoms with E-state index >= 15 is 0 Å². The average molecular weight is 182 g/mol. The number of benzene rings is 1. The Hall–Kier alpha value is -0.470.